The number of aromatic nitrogens is 1. The van der Waals surface area contributed by atoms with Crippen molar-refractivity contribution in [1.29, 1.82) is 0 Å². The number of ketones is 1. The van der Waals surface area contributed by atoms with Crippen LogP contribution < -0.4 is 14.8 Å². The number of ether oxygens (including phenoxy) is 2. The van der Waals surface area contributed by atoms with Crippen LogP contribution in [-0.2, 0) is 23.1 Å². The Morgan fingerprint density at radius 3 is 2.42 bits per heavy atom. The van der Waals surface area contributed by atoms with E-state index in [1.807, 2.05) is 19.1 Å². The molecule has 2 aromatic carbocycles. The Kier molecular flexibility index (Phi) is 5.65. The van der Waals surface area contributed by atoms with Gasteiger partial charge in [0.05, 0.1) is 23.3 Å². The van der Waals surface area contributed by atoms with E-state index in [1.54, 1.807) is 41.9 Å². The Morgan fingerprint density at radius 1 is 1.00 bits per heavy atom. The fraction of sp³-hybridized carbons (Fsp3) is 0.208. The van der Waals surface area contributed by atoms with E-state index in [0.717, 1.165) is 5.56 Å². The van der Waals surface area contributed by atoms with Crippen LogP contribution in [-0.4, -0.2) is 35.8 Å². The Hall–Kier alpha value is -3.87. The minimum absolute atomic E-state index is 0.0519. The predicted octanol–water partition coefficient (Wildman–Crippen LogP) is 2.84. The standard InChI is InChI=1S/C24H24N2O5/c1-16-8-10-17(11-9-16)24(29)19-13-12-18(26(19)2)14-22(27)25-15-23(28)31-21-7-5-4-6-20(21)30-3/h4-13H,14-15H2,1-3H3,(H,25,27)/i3D3. The molecule has 160 valence electrons. The maximum Gasteiger partial charge on any atom is 0.330 e. The molecule has 0 aliphatic heterocycles. The van der Waals surface area contributed by atoms with Gasteiger partial charge in [-0.1, -0.05) is 42.0 Å². The van der Waals surface area contributed by atoms with Crippen molar-refractivity contribution >= 4 is 17.7 Å². The average molecular weight is 423 g/mol. The molecular formula is C24H24N2O5. The molecule has 7 heteroatoms. The molecule has 31 heavy (non-hydrogen) atoms. The number of hydrogen-bond donors (Lipinski definition) is 1. The number of carbonyl (C=O) groups excluding carboxylic acids is 3. The summed E-state index contributed by atoms with van der Waals surface area (Å²) in [4.78, 5) is 37.2. The molecule has 7 nitrogen and oxygen atoms in total. The van der Waals surface area contributed by atoms with Gasteiger partial charge in [-0.05, 0) is 31.2 Å². The van der Waals surface area contributed by atoms with Gasteiger partial charge in [-0.15, -0.1) is 0 Å². The van der Waals surface area contributed by atoms with Crippen molar-refractivity contribution in [2.75, 3.05) is 13.6 Å². The van der Waals surface area contributed by atoms with Gasteiger partial charge in [0.1, 0.15) is 6.54 Å². The molecule has 1 amide bonds. The SMILES string of the molecule is [2H]C([2H])([2H])Oc1ccccc1OC(=O)CNC(=O)Cc1ccc(C(=O)c2ccc(C)cc2)n1C. The summed E-state index contributed by atoms with van der Waals surface area (Å²) >= 11 is 0. The second kappa shape index (κ2) is 9.75. The van der Waals surface area contributed by atoms with Crippen molar-refractivity contribution in [3.63, 3.8) is 0 Å². The van der Waals surface area contributed by atoms with Gasteiger partial charge in [-0.3, -0.25) is 9.59 Å². The molecule has 0 spiro atoms. The van der Waals surface area contributed by atoms with Crippen molar-refractivity contribution in [2.45, 2.75) is 13.3 Å². The Labute approximate surface area is 184 Å². The molecule has 1 N–H and O–H groups in total. The quantitative estimate of drug-likeness (QED) is 0.342. The highest BCUT2D eigenvalue weighted by Crippen LogP contribution is 2.25. The van der Waals surface area contributed by atoms with Crippen molar-refractivity contribution < 1.29 is 28.0 Å². The zero-order chi connectivity index (χ0) is 24.9. The molecule has 0 radical (unpaired) electrons. The zero-order valence-electron chi connectivity index (χ0n) is 20.2. The highest BCUT2D eigenvalue weighted by atomic mass is 16.6. The topological polar surface area (TPSA) is 86.6 Å². The van der Waals surface area contributed by atoms with Crippen LogP contribution in [0.5, 0.6) is 11.5 Å². The number of benzene rings is 2. The van der Waals surface area contributed by atoms with E-state index < -0.39 is 25.5 Å². The van der Waals surface area contributed by atoms with E-state index in [-0.39, 0.29) is 23.7 Å². The lowest BCUT2D eigenvalue weighted by Crippen LogP contribution is -2.33. The first kappa shape index (κ1) is 17.9. The van der Waals surface area contributed by atoms with Gasteiger partial charge in [0, 0.05) is 18.3 Å². The third-order valence-corrected chi connectivity index (χ3v) is 4.73. The predicted molar refractivity (Wildman–Crippen MR) is 115 cm³/mol. The molecule has 0 unspecified atom stereocenters. The van der Waals surface area contributed by atoms with E-state index in [9.17, 15) is 14.4 Å². The van der Waals surface area contributed by atoms with Crippen LogP contribution in [0.2, 0.25) is 0 Å². The minimum atomic E-state index is -2.70. The number of rotatable bonds is 8. The van der Waals surface area contributed by atoms with Crippen LogP contribution in [0.15, 0.2) is 60.7 Å². The Balaban J connectivity index is 1.56. The Bertz CT molecular complexity index is 1200. The second-order valence-corrected chi connectivity index (χ2v) is 6.94. The smallest absolute Gasteiger partial charge is 0.330 e. The zero-order valence-corrected chi connectivity index (χ0v) is 17.2. The molecule has 0 saturated heterocycles. The van der Waals surface area contributed by atoms with Gasteiger partial charge in [-0.25, -0.2) is 4.79 Å². The summed E-state index contributed by atoms with van der Waals surface area (Å²) in [5, 5.41) is 2.46. The molecule has 3 rings (SSSR count). The fourth-order valence-electron chi connectivity index (χ4n) is 2.99. The van der Waals surface area contributed by atoms with Crippen molar-refractivity contribution in [3.8, 4) is 11.5 Å². The van der Waals surface area contributed by atoms with Gasteiger partial charge in [0.25, 0.3) is 0 Å². The van der Waals surface area contributed by atoms with Gasteiger partial charge >= 0.3 is 5.97 Å². The largest absolute Gasteiger partial charge is 0.493 e. The van der Waals surface area contributed by atoms with Crippen LogP contribution in [0.1, 0.15) is 31.4 Å². The van der Waals surface area contributed by atoms with Crippen molar-refractivity contribution in [3.05, 3.63) is 83.2 Å². The first-order valence-corrected chi connectivity index (χ1v) is 9.55. The van der Waals surface area contributed by atoms with E-state index >= 15 is 0 Å². The van der Waals surface area contributed by atoms with E-state index in [0.29, 0.717) is 17.0 Å². The summed E-state index contributed by atoms with van der Waals surface area (Å²) in [5.41, 5.74) is 2.63. The van der Waals surface area contributed by atoms with E-state index in [4.69, 9.17) is 13.6 Å². The average Bonchev–Trinajstić information content (AvgIpc) is 3.12. The lowest BCUT2D eigenvalue weighted by atomic mass is 10.1. The number of carbonyl (C=O) groups is 3. The first-order valence-electron chi connectivity index (χ1n) is 11.0. The molecule has 0 bridgehead atoms. The van der Waals surface area contributed by atoms with Gasteiger partial charge < -0.3 is 19.4 Å². The van der Waals surface area contributed by atoms with Gasteiger partial charge in [-0.2, -0.15) is 0 Å². The summed E-state index contributed by atoms with van der Waals surface area (Å²) in [6, 6.07) is 16.4. The van der Waals surface area contributed by atoms with Gasteiger partial charge in [0.2, 0.25) is 11.7 Å². The number of methoxy groups -OCH3 is 1. The highest BCUT2D eigenvalue weighted by molar-refractivity contribution is 6.08. The maximum absolute atomic E-state index is 12.8. The first-order chi connectivity index (χ1) is 16.0. The number of nitrogens with one attached hydrogen (secondary N) is 1. The molecule has 1 heterocycles. The summed E-state index contributed by atoms with van der Waals surface area (Å²) in [7, 11) is -1.01. The highest BCUT2D eigenvalue weighted by Gasteiger charge is 2.17. The van der Waals surface area contributed by atoms with Crippen LogP contribution >= 0.6 is 0 Å². The van der Waals surface area contributed by atoms with Crippen LogP contribution in [0.25, 0.3) is 0 Å². The summed E-state index contributed by atoms with van der Waals surface area (Å²) < 4.78 is 33.1. The molecule has 0 aliphatic rings. The molecule has 0 atom stereocenters. The number of esters is 1. The third kappa shape index (κ3) is 5.39. The lowest BCUT2D eigenvalue weighted by Gasteiger charge is -2.10. The number of hydrogen-bond acceptors (Lipinski definition) is 5. The van der Waals surface area contributed by atoms with Gasteiger partial charge in [0.15, 0.2) is 11.5 Å². The number of aryl methyl sites for hydroxylation is 1. The normalized spacial score (nSPS) is 12.3. The molecule has 0 saturated carbocycles. The lowest BCUT2D eigenvalue weighted by molar-refractivity contribution is -0.135. The summed E-state index contributed by atoms with van der Waals surface area (Å²) in [6.07, 6.45) is -0.0519. The number of amides is 1. The molecule has 0 fully saturated rings. The number of para-hydroxylation sites is 2. The van der Waals surface area contributed by atoms with Crippen LogP contribution in [0, 0.1) is 6.92 Å². The van der Waals surface area contributed by atoms with E-state index in [2.05, 4.69) is 5.32 Å². The van der Waals surface area contributed by atoms with Crippen LogP contribution in [0.4, 0.5) is 0 Å². The molecule has 0 aliphatic carbocycles. The monoisotopic (exact) mass is 423 g/mol. The minimum Gasteiger partial charge on any atom is -0.493 e. The Morgan fingerprint density at radius 2 is 1.71 bits per heavy atom. The summed E-state index contributed by atoms with van der Waals surface area (Å²) in [5.74, 6) is -1.58. The van der Waals surface area contributed by atoms with E-state index in [1.165, 1.54) is 18.2 Å². The fourth-order valence-corrected chi connectivity index (χ4v) is 2.99. The maximum atomic E-state index is 12.8. The third-order valence-electron chi connectivity index (χ3n) is 4.73. The molecule has 1 aromatic heterocycles. The van der Waals surface area contributed by atoms with Crippen molar-refractivity contribution in [2.24, 2.45) is 7.05 Å². The number of nitrogens with zero attached hydrogens (tertiary/aromatic N) is 1. The second-order valence-electron chi connectivity index (χ2n) is 6.94. The molecule has 3 aromatic rings. The van der Waals surface area contributed by atoms with Crippen LogP contribution in [0.3, 0.4) is 0 Å². The molecular weight excluding hydrogens is 396 g/mol. The van der Waals surface area contributed by atoms with Crippen molar-refractivity contribution in [1.82, 2.24) is 9.88 Å². The summed E-state index contributed by atoms with van der Waals surface area (Å²) in [6.45, 7) is 1.51.